The van der Waals surface area contributed by atoms with Crippen molar-refractivity contribution in [2.24, 2.45) is 0 Å². The summed E-state index contributed by atoms with van der Waals surface area (Å²) in [5.41, 5.74) is 2.25. The number of aliphatic hydroxyl groups is 2. The highest BCUT2D eigenvalue weighted by Gasteiger charge is 2.51. The Bertz CT molecular complexity index is 1220. The molecule has 3 aliphatic heterocycles. The van der Waals surface area contributed by atoms with Crippen molar-refractivity contribution in [3.8, 4) is 17.3 Å². The molecule has 1 aromatic carbocycles. The largest absolute Gasteiger partial charge is 0.456 e. The zero-order chi connectivity index (χ0) is 23.7. The fourth-order valence-corrected chi connectivity index (χ4v) is 5.23. The minimum absolute atomic E-state index is 0.235. The summed E-state index contributed by atoms with van der Waals surface area (Å²) in [6.07, 6.45) is -1.72. The molecule has 180 valence electrons. The van der Waals surface area contributed by atoms with Crippen LogP contribution in [0.25, 0.3) is 22.4 Å². The van der Waals surface area contributed by atoms with Gasteiger partial charge in [0.05, 0.1) is 53.7 Å². The first-order valence-electron chi connectivity index (χ1n) is 11.3. The maximum absolute atomic E-state index is 10.7. The third kappa shape index (κ3) is 3.42. The molecule has 0 saturated carbocycles. The van der Waals surface area contributed by atoms with E-state index in [1.807, 2.05) is 38.1 Å². The Morgan fingerprint density at radius 2 is 1.85 bits per heavy atom. The van der Waals surface area contributed by atoms with Gasteiger partial charge in [0, 0.05) is 5.56 Å². The molecule has 3 fully saturated rings. The Morgan fingerprint density at radius 3 is 2.53 bits per heavy atom. The van der Waals surface area contributed by atoms with Crippen molar-refractivity contribution in [3.05, 3.63) is 40.9 Å². The topological polar surface area (TPSA) is 119 Å². The summed E-state index contributed by atoms with van der Waals surface area (Å²) in [4.78, 5) is 12.2. The minimum Gasteiger partial charge on any atom is -0.456 e. The Morgan fingerprint density at radius 1 is 1.12 bits per heavy atom. The van der Waals surface area contributed by atoms with E-state index in [1.54, 1.807) is 6.07 Å². The summed E-state index contributed by atoms with van der Waals surface area (Å²) in [6, 6.07) is 9.94. The van der Waals surface area contributed by atoms with Crippen molar-refractivity contribution in [1.82, 2.24) is 15.0 Å². The predicted molar refractivity (Wildman–Crippen MR) is 123 cm³/mol. The molecule has 10 heteroatoms. The average molecular weight is 488 g/mol. The minimum atomic E-state index is -0.904. The lowest BCUT2D eigenvalue weighted by Crippen LogP contribution is -2.60. The maximum Gasteiger partial charge on any atom is 0.296 e. The van der Waals surface area contributed by atoms with Crippen LogP contribution in [0.15, 0.2) is 30.3 Å². The Kier molecular flexibility index (Phi) is 5.14. The van der Waals surface area contributed by atoms with Crippen LogP contribution in [0.1, 0.15) is 19.4 Å². The van der Waals surface area contributed by atoms with Gasteiger partial charge in [0.25, 0.3) is 6.01 Å². The number of H-pyrrole nitrogens is 1. The molecule has 0 unspecified atom stereocenters. The van der Waals surface area contributed by atoms with Crippen molar-refractivity contribution in [2.75, 3.05) is 26.4 Å². The number of rotatable bonds is 5. The summed E-state index contributed by atoms with van der Waals surface area (Å²) < 4.78 is 22.6. The van der Waals surface area contributed by atoms with Crippen LogP contribution in [0, 0.1) is 0 Å². The molecule has 3 N–H and O–H groups in total. The van der Waals surface area contributed by atoms with Gasteiger partial charge in [-0.2, -0.15) is 4.98 Å². The normalized spacial score (nSPS) is 28.1. The molecule has 5 heterocycles. The number of nitrogens with zero attached hydrogens (tertiary/aromatic N) is 2. The van der Waals surface area contributed by atoms with Gasteiger partial charge in [0.15, 0.2) is 11.8 Å². The monoisotopic (exact) mass is 487 g/mol. The molecule has 0 bridgehead atoms. The fraction of sp³-hybridized carbons (Fsp3) is 0.500. The van der Waals surface area contributed by atoms with E-state index < -0.39 is 17.1 Å². The molecule has 6 rings (SSSR count). The third-order valence-electron chi connectivity index (χ3n) is 7.23. The number of nitrogens with one attached hydrogen (secondary N) is 1. The van der Waals surface area contributed by atoms with Gasteiger partial charge in [-0.25, -0.2) is 4.98 Å². The van der Waals surface area contributed by atoms with Gasteiger partial charge in [0.2, 0.25) is 0 Å². The van der Waals surface area contributed by atoms with Gasteiger partial charge in [-0.05, 0) is 25.5 Å². The standard InChI is InChI=1S/C24H26ClN3O6/c1-23(2,30)24(10-31-11-24)13-5-3-12(4-6-13)18-14(25)7-15-21(27-18)28-22(26-15)34-17-9-33-19-16(29)8-32-20(17)19/h3-7,16-17,19-20,29-30H,8-11H2,1-2H3,(H,26,27,28)/t16-,17-,19-,20-/m1/s1. The van der Waals surface area contributed by atoms with Gasteiger partial charge in [0.1, 0.15) is 18.3 Å². The van der Waals surface area contributed by atoms with Gasteiger partial charge in [-0.1, -0.05) is 35.9 Å². The molecule has 0 radical (unpaired) electrons. The third-order valence-corrected chi connectivity index (χ3v) is 7.52. The number of hydrogen-bond acceptors (Lipinski definition) is 8. The van der Waals surface area contributed by atoms with Gasteiger partial charge in [-0.3, -0.25) is 0 Å². The second-order valence-corrected chi connectivity index (χ2v) is 10.2. The van der Waals surface area contributed by atoms with Crippen LogP contribution < -0.4 is 4.74 Å². The van der Waals surface area contributed by atoms with E-state index in [1.165, 1.54) is 0 Å². The molecule has 4 atom stereocenters. The molecule has 3 aliphatic rings. The molecule has 9 nitrogen and oxygen atoms in total. The van der Waals surface area contributed by atoms with Crippen LogP contribution in [0.3, 0.4) is 0 Å². The number of imidazole rings is 1. The summed E-state index contributed by atoms with van der Waals surface area (Å²) in [5, 5.41) is 21.1. The highest BCUT2D eigenvalue weighted by atomic mass is 35.5. The zero-order valence-electron chi connectivity index (χ0n) is 18.8. The lowest BCUT2D eigenvalue weighted by Gasteiger charge is -2.50. The zero-order valence-corrected chi connectivity index (χ0v) is 19.6. The highest BCUT2D eigenvalue weighted by molar-refractivity contribution is 6.33. The highest BCUT2D eigenvalue weighted by Crippen LogP contribution is 2.42. The molecule has 3 aromatic rings. The van der Waals surface area contributed by atoms with Gasteiger partial charge in [-0.15, -0.1) is 0 Å². The maximum atomic E-state index is 10.7. The van der Waals surface area contributed by atoms with Crippen LogP contribution in [0.5, 0.6) is 6.01 Å². The molecule has 0 aliphatic carbocycles. The number of pyridine rings is 1. The molecule has 0 amide bonds. The first-order chi connectivity index (χ1) is 16.2. The lowest BCUT2D eigenvalue weighted by molar-refractivity contribution is -0.157. The smallest absolute Gasteiger partial charge is 0.296 e. The number of hydrogen-bond donors (Lipinski definition) is 3. The van der Waals surface area contributed by atoms with E-state index in [-0.39, 0.29) is 24.9 Å². The second kappa shape index (κ2) is 7.87. The van der Waals surface area contributed by atoms with Crippen molar-refractivity contribution < 1.29 is 29.2 Å². The van der Waals surface area contributed by atoms with Crippen LogP contribution in [0.2, 0.25) is 5.02 Å². The number of benzene rings is 1. The van der Waals surface area contributed by atoms with Gasteiger partial charge >= 0.3 is 0 Å². The molecular weight excluding hydrogens is 462 g/mol. The summed E-state index contributed by atoms with van der Waals surface area (Å²) in [6.45, 7) is 5.13. The summed E-state index contributed by atoms with van der Waals surface area (Å²) in [7, 11) is 0. The predicted octanol–water partition coefficient (Wildman–Crippen LogP) is 2.22. The van der Waals surface area contributed by atoms with E-state index >= 15 is 0 Å². The molecular formula is C24H26ClN3O6. The van der Waals surface area contributed by atoms with Crippen LogP contribution in [-0.4, -0.2) is 81.6 Å². The van der Waals surface area contributed by atoms with E-state index in [9.17, 15) is 10.2 Å². The molecule has 34 heavy (non-hydrogen) atoms. The molecule has 3 saturated heterocycles. The van der Waals surface area contributed by atoms with Crippen molar-refractivity contribution >= 4 is 22.8 Å². The number of aliphatic hydroxyl groups excluding tert-OH is 1. The van der Waals surface area contributed by atoms with Crippen LogP contribution >= 0.6 is 11.6 Å². The first-order valence-corrected chi connectivity index (χ1v) is 11.7. The van der Waals surface area contributed by atoms with Crippen molar-refractivity contribution in [1.29, 1.82) is 0 Å². The first kappa shape index (κ1) is 22.2. The number of aromatic nitrogens is 3. The average Bonchev–Trinajstić information content (AvgIpc) is 3.43. The van der Waals surface area contributed by atoms with E-state index in [4.69, 9.17) is 30.5 Å². The Balaban J connectivity index is 1.26. The van der Waals surface area contributed by atoms with Crippen LogP contribution in [0.4, 0.5) is 0 Å². The number of aromatic amines is 1. The lowest BCUT2D eigenvalue weighted by atomic mass is 9.67. The molecule has 0 spiro atoms. The Hall–Kier alpha value is -2.27. The van der Waals surface area contributed by atoms with Crippen LogP contribution in [-0.2, 0) is 19.6 Å². The summed E-state index contributed by atoms with van der Waals surface area (Å²) in [5.74, 6) is 0. The quantitative estimate of drug-likeness (QED) is 0.501. The molecule has 2 aromatic heterocycles. The van der Waals surface area contributed by atoms with Crippen molar-refractivity contribution in [3.63, 3.8) is 0 Å². The Labute approximate surface area is 201 Å². The second-order valence-electron chi connectivity index (χ2n) is 9.76. The van der Waals surface area contributed by atoms with E-state index in [0.29, 0.717) is 47.7 Å². The fourth-order valence-electron chi connectivity index (χ4n) is 4.97. The summed E-state index contributed by atoms with van der Waals surface area (Å²) >= 11 is 6.57. The van der Waals surface area contributed by atoms with E-state index in [2.05, 4.69) is 15.0 Å². The SMILES string of the molecule is CC(C)(O)C1(c2ccc(-c3nc4nc(O[C@@H]5CO[C@H]6[C@@H]5OC[C@H]6O)[nH]c4cc3Cl)cc2)COC1. The van der Waals surface area contributed by atoms with Gasteiger partial charge < -0.3 is 34.1 Å². The number of fused-ring (bicyclic) bond motifs is 2. The number of ether oxygens (including phenoxy) is 4. The number of halogens is 1. The van der Waals surface area contributed by atoms with E-state index in [0.717, 1.165) is 11.1 Å². The van der Waals surface area contributed by atoms with Crippen molar-refractivity contribution in [2.45, 2.75) is 49.3 Å².